The molecule has 20 heavy (non-hydrogen) atoms. The lowest BCUT2D eigenvalue weighted by Crippen LogP contribution is -2.25. The van der Waals surface area contributed by atoms with Crippen LogP contribution in [-0.2, 0) is 4.74 Å². The number of aryl methyl sites for hydroxylation is 1. The van der Waals surface area contributed by atoms with Crippen molar-refractivity contribution in [3.05, 3.63) is 42.0 Å². The molecule has 0 spiro atoms. The van der Waals surface area contributed by atoms with Gasteiger partial charge in [-0.1, -0.05) is 24.3 Å². The lowest BCUT2D eigenvalue weighted by Gasteiger charge is -2.19. The van der Waals surface area contributed by atoms with E-state index in [0.29, 0.717) is 6.04 Å². The quantitative estimate of drug-likeness (QED) is 0.611. The summed E-state index contributed by atoms with van der Waals surface area (Å²) in [6.45, 7) is 8.98. The molecule has 3 nitrogen and oxygen atoms in total. The number of rotatable bonds is 7. The highest BCUT2D eigenvalue weighted by Gasteiger charge is 2.20. The lowest BCUT2D eigenvalue weighted by atomic mass is 10.00. The van der Waals surface area contributed by atoms with Crippen LogP contribution in [0.1, 0.15) is 36.4 Å². The smallest absolute Gasteiger partial charge is 0.126 e. The summed E-state index contributed by atoms with van der Waals surface area (Å²) in [5.41, 5.74) is 2.51. The first kappa shape index (κ1) is 15.1. The highest BCUT2D eigenvalue weighted by molar-refractivity contribution is 5.43. The molecule has 1 aliphatic heterocycles. The number of ether oxygens (including phenoxy) is 2. The average Bonchev–Trinajstić information content (AvgIpc) is 2.66. The zero-order chi connectivity index (χ0) is 14.2. The number of hydrogen-bond donors (Lipinski definition) is 1. The SMILES string of the molecule is C=CCCOCCNC1CCCOc2c(C)cccc21. The van der Waals surface area contributed by atoms with Crippen LogP contribution in [0.2, 0.25) is 0 Å². The standard InChI is InChI=1S/C17H25NO2/c1-3-4-11-19-13-10-18-16-9-6-12-20-17-14(2)7-5-8-15(16)17/h3,5,7-8,16,18H,1,4,6,9-13H2,2H3. The van der Waals surface area contributed by atoms with Gasteiger partial charge >= 0.3 is 0 Å². The van der Waals surface area contributed by atoms with Gasteiger partial charge in [0.05, 0.1) is 19.8 Å². The van der Waals surface area contributed by atoms with E-state index in [1.165, 1.54) is 11.1 Å². The molecule has 110 valence electrons. The molecule has 0 radical (unpaired) electrons. The Balaban J connectivity index is 1.88. The van der Waals surface area contributed by atoms with Gasteiger partial charge in [-0.3, -0.25) is 0 Å². The van der Waals surface area contributed by atoms with Gasteiger partial charge < -0.3 is 14.8 Å². The summed E-state index contributed by atoms with van der Waals surface area (Å²) in [5, 5.41) is 3.59. The molecule has 1 atom stereocenters. The third kappa shape index (κ3) is 4.09. The minimum Gasteiger partial charge on any atom is -0.493 e. The Kier molecular flexibility index (Phi) is 6.09. The molecule has 1 unspecified atom stereocenters. The van der Waals surface area contributed by atoms with Gasteiger partial charge in [-0.25, -0.2) is 0 Å². The number of hydrogen-bond acceptors (Lipinski definition) is 3. The largest absolute Gasteiger partial charge is 0.493 e. The maximum Gasteiger partial charge on any atom is 0.126 e. The molecule has 1 aliphatic rings. The Morgan fingerprint density at radius 3 is 3.20 bits per heavy atom. The maximum atomic E-state index is 5.89. The van der Waals surface area contributed by atoms with Crippen molar-refractivity contribution in [2.45, 2.75) is 32.2 Å². The Morgan fingerprint density at radius 1 is 1.45 bits per heavy atom. The van der Waals surface area contributed by atoms with Crippen LogP contribution in [0.4, 0.5) is 0 Å². The second-order valence-electron chi connectivity index (χ2n) is 5.18. The average molecular weight is 275 g/mol. The van der Waals surface area contributed by atoms with Crippen LogP contribution < -0.4 is 10.1 Å². The highest BCUT2D eigenvalue weighted by atomic mass is 16.5. The molecule has 1 aromatic rings. The van der Waals surface area contributed by atoms with Crippen LogP contribution in [0.3, 0.4) is 0 Å². The van der Waals surface area contributed by atoms with Crippen LogP contribution in [-0.4, -0.2) is 26.4 Å². The number of nitrogens with one attached hydrogen (secondary N) is 1. The fourth-order valence-electron chi connectivity index (χ4n) is 2.55. The summed E-state index contributed by atoms with van der Waals surface area (Å²) in [6, 6.07) is 6.76. The fraction of sp³-hybridized carbons (Fsp3) is 0.529. The molecule has 2 rings (SSSR count). The fourth-order valence-corrected chi connectivity index (χ4v) is 2.55. The second kappa shape index (κ2) is 8.08. The molecule has 3 heteroatoms. The van der Waals surface area contributed by atoms with E-state index in [2.05, 4.69) is 37.0 Å². The topological polar surface area (TPSA) is 30.5 Å². The number of fused-ring (bicyclic) bond motifs is 1. The zero-order valence-electron chi connectivity index (χ0n) is 12.4. The van der Waals surface area contributed by atoms with E-state index in [9.17, 15) is 0 Å². The van der Waals surface area contributed by atoms with E-state index >= 15 is 0 Å². The Bertz CT molecular complexity index is 431. The van der Waals surface area contributed by atoms with E-state index in [1.54, 1.807) is 0 Å². The number of para-hydroxylation sites is 1. The molecule has 0 aromatic heterocycles. The van der Waals surface area contributed by atoms with E-state index in [4.69, 9.17) is 9.47 Å². The van der Waals surface area contributed by atoms with Crippen molar-refractivity contribution in [2.24, 2.45) is 0 Å². The highest BCUT2D eigenvalue weighted by Crippen LogP contribution is 2.33. The van der Waals surface area contributed by atoms with E-state index in [0.717, 1.165) is 51.4 Å². The second-order valence-corrected chi connectivity index (χ2v) is 5.18. The van der Waals surface area contributed by atoms with Crippen LogP contribution >= 0.6 is 0 Å². The van der Waals surface area contributed by atoms with Crippen molar-refractivity contribution in [2.75, 3.05) is 26.4 Å². The van der Waals surface area contributed by atoms with Gasteiger partial charge in [-0.15, -0.1) is 6.58 Å². The van der Waals surface area contributed by atoms with Crippen LogP contribution in [0.25, 0.3) is 0 Å². The van der Waals surface area contributed by atoms with Crippen molar-refractivity contribution < 1.29 is 9.47 Å². The van der Waals surface area contributed by atoms with Gasteiger partial charge in [-0.2, -0.15) is 0 Å². The van der Waals surface area contributed by atoms with Gasteiger partial charge in [0.2, 0.25) is 0 Å². The molecule has 0 aliphatic carbocycles. The molecule has 1 N–H and O–H groups in total. The molecule has 1 aromatic carbocycles. The lowest BCUT2D eigenvalue weighted by molar-refractivity contribution is 0.138. The van der Waals surface area contributed by atoms with Crippen molar-refractivity contribution >= 4 is 0 Å². The summed E-state index contributed by atoms with van der Waals surface area (Å²) in [6.07, 6.45) is 5.00. The van der Waals surface area contributed by atoms with Gasteiger partial charge in [0.1, 0.15) is 5.75 Å². The van der Waals surface area contributed by atoms with Gasteiger partial charge in [0.25, 0.3) is 0 Å². The summed E-state index contributed by atoms with van der Waals surface area (Å²) in [5.74, 6) is 1.06. The predicted molar refractivity (Wildman–Crippen MR) is 82.3 cm³/mol. The third-order valence-electron chi connectivity index (χ3n) is 3.60. The zero-order valence-corrected chi connectivity index (χ0v) is 12.4. The van der Waals surface area contributed by atoms with Crippen molar-refractivity contribution in [3.63, 3.8) is 0 Å². The third-order valence-corrected chi connectivity index (χ3v) is 3.60. The summed E-state index contributed by atoms with van der Waals surface area (Å²) in [7, 11) is 0. The first-order valence-corrected chi connectivity index (χ1v) is 7.47. The Morgan fingerprint density at radius 2 is 2.35 bits per heavy atom. The van der Waals surface area contributed by atoms with Crippen LogP contribution in [0.15, 0.2) is 30.9 Å². The van der Waals surface area contributed by atoms with Crippen LogP contribution in [0, 0.1) is 6.92 Å². The maximum absolute atomic E-state index is 5.89. The molecular formula is C17H25NO2. The molecular weight excluding hydrogens is 250 g/mol. The van der Waals surface area contributed by atoms with Crippen molar-refractivity contribution in [3.8, 4) is 5.75 Å². The molecule has 0 saturated heterocycles. The summed E-state index contributed by atoms with van der Waals surface area (Å²) >= 11 is 0. The summed E-state index contributed by atoms with van der Waals surface area (Å²) in [4.78, 5) is 0. The summed E-state index contributed by atoms with van der Waals surface area (Å²) < 4.78 is 11.4. The molecule has 0 bridgehead atoms. The Labute approximate surface area is 122 Å². The van der Waals surface area contributed by atoms with E-state index in [-0.39, 0.29) is 0 Å². The minimum atomic E-state index is 0.371. The van der Waals surface area contributed by atoms with Crippen molar-refractivity contribution in [1.82, 2.24) is 5.32 Å². The first-order valence-electron chi connectivity index (χ1n) is 7.47. The predicted octanol–water partition coefficient (Wildman–Crippen LogP) is 3.39. The van der Waals surface area contributed by atoms with Crippen molar-refractivity contribution in [1.29, 1.82) is 0 Å². The first-order chi connectivity index (χ1) is 9.83. The molecule has 0 fully saturated rings. The normalized spacial score (nSPS) is 17.9. The van der Waals surface area contributed by atoms with Crippen LogP contribution in [0.5, 0.6) is 5.75 Å². The van der Waals surface area contributed by atoms with E-state index < -0.39 is 0 Å². The van der Waals surface area contributed by atoms with Gasteiger partial charge in [-0.05, 0) is 31.7 Å². The van der Waals surface area contributed by atoms with Gasteiger partial charge in [0, 0.05) is 18.2 Å². The van der Waals surface area contributed by atoms with E-state index in [1.807, 2.05) is 6.08 Å². The molecule has 1 heterocycles. The number of benzene rings is 1. The minimum absolute atomic E-state index is 0.371. The Hall–Kier alpha value is -1.32. The van der Waals surface area contributed by atoms with Gasteiger partial charge in [0.15, 0.2) is 0 Å². The molecule has 0 saturated carbocycles. The monoisotopic (exact) mass is 275 g/mol. The molecule has 0 amide bonds.